The van der Waals surface area contributed by atoms with Crippen LogP contribution in [0.25, 0.3) is 0 Å². The minimum absolute atomic E-state index is 0.214. The van der Waals surface area contributed by atoms with E-state index in [0.29, 0.717) is 13.2 Å². The molecule has 3 rings (SSSR count). The number of hydroxylamine groups is 2. The summed E-state index contributed by atoms with van der Waals surface area (Å²) < 4.78 is 5.93. The first-order chi connectivity index (χ1) is 10.9. The average molecular weight is 293 g/mol. The Morgan fingerprint density at radius 1 is 0.773 bits per heavy atom. The normalized spacial score (nSPS) is 16.9. The second-order valence-electron chi connectivity index (χ2n) is 5.03. The number of benzene rings is 2. The summed E-state index contributed by atoms with van der Waals surface area (Å²) in [5.74, 6) is 0. The Kier molecular flexibility index (Phi) is 5.03. The lowest BCUT2D eigenvalue weighted by Gasteiger charge is -2.29. The molecule has 0 amide bonds. The highest BCUT2D eigenvalue weighted by Gasteiger charge is 2.16. The molecule has 0 saturated heterocycles. The smallest absolute Gasteiger partial charge is 0.173 e. The number of ether oxygens (including phenoxy) is 1. The van der Waals surface area contributed by atoms with Gasteiger partial charge in [0.05, 0.1) is 6.61 Å². The summed E-state index contributed by atoms with van der Waals surface area (Å²) in [6, 6.07) is 20.2. The molecule has 1 aliphatic rings. The Morgan fingerprint density at radius 3 is 2.09 bits per heavy atom. The van der Waals surface area contributed by atoms with Crippen LogP contribution in [0.3, 0.4) is 0 Å². The lowest BCUT2D eigenvalue weighted by atomic mass is 10.2. The van der Waals surface area contributed by atoms with E-state index in [0.717, 1.165) is 11.1 Å². The molecule has 0 aliphatic carbocycles. The third kappa shape index (κ3) is 4.07. The molecule has 22 heavy (non-hydrogen) atoms. The van der Waals surface area contributed by atoms with Crippen molar-refractivity contribution in [2.24, 2.45) is 0 Å². The van der Waals surface area contributed by atoms with E-state index in [2.05, 4.69) is 12.1 Å². The first kappa shape index (κ1) is 14.6. The van der Waals surface area contributed by atoms with Crippen molar-refractivity contribution in [1.29, 1.82) is 0 Å². The molecule has 0 saturated carbocycles. The molecule has 3 nitrogen and oxygen atoms in total. The Bertz CT molecular complexity index is 565. The van der Waals surface area contributed by atoms with Crippen LogP contribution in [0.15, 0.2) is 85.1 Å². The topological polar surface area (TPSA) is 21.7 Å². The number of hydrogen-bond acceptors (Lipinski definition) is 3. The fraction of sp³-hybridized carbons (Fsp3) is 0.158. The van der Waals surface area contributed by atoms with Crippen LogP contribution >= 0.6 is 0 Å². The molecule has 112 valence electrons. The van der Waals surface area contributed by atoms with Crippen LogP contribution < -0.4 is 0 Å². The van der Waals surface area contributed by atoms with Crippen LogP contribution in [0.4, 0.5) is 0 Å². The summed E-state index contributed by atoms with van der Waals surface area (Å²) in [5, 5.41) is 1.75. The number of nitrogens with zero attached hydrogens (tertiary/aromatic N) is 1. The molecule has 0 aromatic heterocycles. The van der Waals surface area contributed by atoms with Gasteiger partial charge in [-0.3, -0.25) is 4.84 Å². The lowest BCUT2D eigenvalue weighted by molar-refractivity contribution is -0.217. The van der Waals surface area contributed by atoms with E-state index < -0.39 is 0 Å². The monoisotopic (exact) mass is 293 g/mol. The second kappa shape index (κ2) is 7.59. The fourth-order valence-electron chi connectivity index (χ4n) is 2.19. The van der Waals surface area contributed by atoms with Gasteiger partial charge in [0.2, 0.25) is 0 Å². The van der Waals surface area contributed by atoms with Crippen LogP contribution in [0.1, 0.15) is 11.1 Å². The van der Waals surface area contributed by atoms with E-state index in [-0.39, 0.29) is 6.23 Å². The van der Waals surface area contributed by atoms with Crippen LogP contribution in [0, 0.1) is 0 Å². The number of hydrogen-bond donors (Lipinski definition) is 0. The van der Waals surface area contributed by atoms with Crippen molar-refractivity contribution in [2.75, 3.05) is 0 Å². The van der Waals surface area contributed by atoms with Crippen molar-refractivity contribution in [3.63, 3.8) is 0 Å². The molecule has 0 N–H and O–H groups in total. The average Bonchev–Trinajstić information content (AvgIpc) is 2.61. The zero-order chi connectivity index (χ0) is 15.0. The summed E-state index contributed by atoms with van der Waals surface area (Å²) in [5.41, 5.74) is 2.28. The van der Waals surface area contributed by atoms with E-state index in [1.807, 2.05) is 73.0 Å². The molecule has 0 bridgehead atoms. The van der Waals surface area contributed by atoms with Gasteiger partial charge in [0, 0.05) is 6.20 Å². The van der Waals surface area contributed by atoms with Gasteiger partial charge in [-0.1, -0.05) is 66.7 Å². The third-order valence-corrected chi connectivity index (χ3v) is 3.36. The van der Waals surface area contributed by atoms with E-state index >= 15 is 0 Å². The van der Waals surface area contributed by atoms with Crippen LogP contribution in [-0.2, 0) is 22.8 Å². The molecule has 0 radical (unpaired) electrons. The van der Waals surface area contributed by atoms with Crippen molar-refractivity contribution >= 4 is 0 Å². The SMILES string of the molecule is C1=CC(OCc2ccccc2)N(OCc2ccccc2)C=C1. The van der Waals surface area contributed by atoms with E-state index in [1.54, 1.807) is 5.06 Å². The second-order valence-corrected chi connectivity index (χ2v) is 5.03. The molecule has 2 aromatic carbocycles. The zero-order valence-electron chi connectivity index (χ0n) is 12.3. The summed E-state index contributed by atoms with van der Waals surface area (Å²) in [6.07, 6.45) is 7.56. The molecule has 0 fully saturated rings. The highest BCUT2D eigenvalue weighted by Crippen LogP contribution is 2.15. The van der Waals surface area contributed by atoms with Gasteiger partial charge in [-0.05, 0) is 23.3 Å². The molecular weight excluding hydrogens is 274 g/mol. The maximum atomic E-state index is 5.93. The summed E-state index contributed by atoms with van der Waals surface area (Å²) >= 11 is 0. The molecule has 1 atom stereocenters. The zero-order valence-corrected chi connectivity index (χ0v) is 12.3. The quantitative estimate of drug-likeness (QED) is 0.802. The first-order valence-electron chi connectivity index (χ1n) is 7.37. The molecule has 3 heteroatoms. The molecule has 2 aromatic rings. The van der Waals surface area contributed by atoms with Gasteiger partial charge in [-0.15, -0.1) is 0 Å². The van der Waals surface area contributed by atoms with Crippen LogP contribution in [0.2, 0.25) is 0 Å². The van der Waals surface area contributed by atoms with Gasteiger partial charge in [0.15, 0.2) is 6.23 Å². The molecule has 1 heterocycles. The third-order valence-electron chi connectivity index (χ3n) is 3.36. The Hall–Kier alpha value is -2.36. The summed E-state index contributed by atoms with van der Waals surface area (Å²) in [6.45, 7) is 1.07. The van der Waals surface area contributed by atoms with Crippen molar-refractivity contribution in [3.05, 3.63) is 96.2 Å². The Morgan fingerprint density at radius 2 is 1.41 bits per heavy atom. The fourth-order valence-corrected chi connectivity index (χ4v) is 2.19. The highest BCUT2D eigenvalue weighted by atomic mass is 16.7. The van der Waals surface area contributed by atoms with E-state index in [1.165, 1.54) is 0 Å². The van der Waals surface area contributed by atoms with Gasteiger partial charge >= 0.3 is 0 Å². The summed E-state index contributed by atoms with van der Waals surface area (Å²) in [4.78, 5) is 5.84. The van der Waals surface area contributed by atoms with E-state index in [9.17, 15) is 0 Å². The first-order valence-corrected chi connectivity index (χ1v) is 7.37. The van der Waals surface area contributed by atoms with Gasteiger partial charge in [0.25, 0.3) is 0 Å². The van der Waals surface area contributed by atoms with Crippen molar-refractivity contribution in [2.45, 2.75) is 19.4 Å². The largest absolute Gasteiger partial charge is 0.348 e. The van der Waals surface area contributed by atoms with E-state index in [4.69, 9.17) is 9.57 Å². The Labute approximate surface area is 131 Å². The van der Waals surface area contributed by atoms with Crippen molar-refractivity contribution < 1.29 is 9.57 Å². The lowest BCUT2D eigenvalue weighted by Crippen LogP contribution is -2.32. The minimum Gasteiger partial charge on any atom is -0.348 e. The minimum atomic E-state index is -0.214. The van der Waals surface area contributed by atoms with Gasteiger partial charge in [-0.2, -0.15) is 0 Å². The van der Waals surface area contributed by atoms with Crippen molar-refractivity contribution in [3.8, 4) is 0 Å². The molecular formula is C19H19NO2. The van der Waals surface area contributed by atoms with Crippen molar-refractivity contribution in [1.82, 2.24) is 5.06 Å². The molecule has 1 unspecified atom stereocenters. The number of allylic oxidation sites excluding steroid dienone is 2. The maximum Gasteiger partial charge on any atom is 0.173 e. The predicted molar refractivity (Wildman–Crippen MR) is 86.4 cm³/mol. The van der Waals surface area contributed by atoms with Gasteiger partial charge < -0.3 is 4.74 Å². The van der Waals surface area contributed by atoms with Gasteiger partial charge in [-0.25, -0.2) is 5.06 Å². The summed E-state index contributed by atoms with van der Waals surface area (Å²) in [7, 11) is 0. The Balaban J connectivity index is 1.55. The van der Waals surface area contributed by atoms with Gasteiger partial charge in [0.1, 0.15) is 6.61 Å². The van der Waals surface area contributed by atoms with Crippen LogP contribution in [-0.4, -0.2) is 11.3 Å². The predicted octanol–water partition coefficient (Wildman–Crippen LogP) is 4.05. The standard InChI is InChI=1S/C19H19NO2/c1-3-9-17(10-4-1)15-21-19-13-7-8-14-20(19)22-16-18-11-5-2-6-12-18/h1-14,19H,15-16H2. The van der Waals surface area contributed by atoms with Crippen LogP contribution in [0.5, 0.6) is 0 Å². The number of rotatable bonds is 6. The molecule has 0 spiro atoms. The molecule has 1 aliphatic heterocycles. The maximum absolute atomic E-state index is 5.93. The highest BCUT2D eigenvalue weighted by molar-refractivity contribution is 5.15.